The van der Waals surface area contributed by atoms with E-state index in [1.54, 1.807) is 0 Å². The molecule has 1 aromatic carbocycles. The van der Waals surface area contributed by atoms with Crippen molar-refractivity contribution in [1.82, 2.24) is 4.90 Å². The summed E-state index contributed by atoms with van der Waals surface area (Å²) in [5, 5.41) is 0.763. The zero-order chi connectivity index (χ0) is 12.1. The predicted octanol–water partition coefficient (Wildman–Crippen LogP) is 3.08. The summed E-state index contributed by atoms with van der Waals surface area (Å²) in [4.78, 5) is 4.30. The molecule has 1 rings (SSSR count). The summed E-state index contributed by atoms with van der Waals surface area (Å²) < 4.78 is 0. The zero-order valence-electron chi connectivity index (χ0n) is 10.0. The molecule has 1 aromatic rings. The van der Waals surface area contributed by atoms with Crippen LogP contribution in [0.5, 0.6) is 0 Å². The topological polar surface area (TPSA) is 6.48 Å². The molecule has 0 N–H and O–H groups in total. The van der Waals surface area contributed by atoms with Crippen LogP contribution in [0.15, 0.2) is 18.2 Å². The van der Waals surface area contributed by atoms with Gasteiger partial charge in [0, 0.05) is 26.0 Å². The van der Waals surface area contributed by atoms with Gasteiger partial charge in [-0.3, -0.25) is 0 Å². The third kappa shape index (κ3) is 3.85. The summed E-state index contributed by atoms with van der Waals surface area (Å²) in [6, 6.07) is 5.96. The smallest absolute Gasteiger partial charge is 0.0642 e. The van der Waals surface area contributed by atoms with Gasteiger partial charge in [0.05, 0.1) is 10.7 Å². The summed E-state index contributed by atoms with van der Waals surface area (Å²) in [7, 11) is 6.17. The van der Waals surface area contributed by atoms with Gasteiger partial charge in [0.1, 0.15) is 0 Å². The van der Waals surface area contributed by atoms with E-state index in [2.05, 4.69) is 23.9 Å². The average Bonchev–Trinajstić information content (AvgIpc) is 2.25. The van der Waals surface area contributed by atoms with Crippen molar-refractivity contribution in [2.24, 2.45) is 0 Å². The van der Waals surface area contributed by atoms with Crippen LogP contribution in [-0.2, 0) is 5.88 Å². The van der Waals surface area contributed by atoms with E-state index in [0.717, 1.165) is 29.4 Å². The van der Waals surface area contributed by atoms with Crippen LogP contribution >= 0.6 is 23.2 Å². The molecule has 4 heteroatoms. The Balaban J connectivity index is 2.71. The first-order valence-electron chi connectivity index (χ1n) is 5.25. The highest BCUT2D eigenvalue weighted by molar-refractivity contribution is 6.33. The second kappa shape index (κ2) is 6.33. The maximum atomic E-state index is 6.20. The van der Waals surface area contributed by atoms with Crippen molar-refractivity contribution < 1.29 is 0 Å². The Bertz CT molecular complexity index is 340. The fourth-order valence-corrected chi connectivity index (χ4v) is 1.93. The van der Waals surface area contributed by atoms with Gasteiger partial charge in [0.15, 0.2) is 0 Å². The van der Waals surface area contributed by atoms with Gasteiger partial charge in [0.25, 0.3) is 0 Å². The van der Waals surface area contributed by atoms with Crippen LogP contribution in [0.4, 0.5) is 5.69 Å². The summed E-state index contributed by atoms with van der Waals surface area (Å²) in [5.41, 5.74) is 2.11. The van der Waals surface area contributed by atoms with Gasteiger partial charge < -0.3 is 9.80 Å². The van der Waals surface area contributed by atoms with Crippen LogP contribution in [0.2, 0.25) is 5.02 Å². The third-order valence-corrected chi connectivity index (χ3v) is 3.07. The minimum Gasteiger partial charge on any atom is -0.372 e. The zero-order valence-corrected chi connectivity index (χ0v) is 11.5. The number of hydrogen-bond donors (Lipinski definition) is 0. The van der Waals surface area contributed by atoms with Crippen LogP contribution in [0.1, 0.15) is 5.56 Å². The van der Waals surface area contributed by atoms with Crippen molar-refractivity contribution in [3.05, 3.63) is 28.8 Å². The summed E-state index contributed by atoms with van der Waals surface area (Å²) in [6.45, 7) is 1.96. The van der Waals surface area contributed by atoms with Crippen molar-refractivity contribution in [1.29, 1.82) is 0 Å². The maximum absolute atomic E-state index is 6.20. The maximum Gasteiger partial charge on any atom is 0.0642 e. The fraction of sp³-hybridized carbons (Fsp3) is 0.500. The van der Waals surface area contributed by atoms with Gasteiger partial charge in [-0.2, -0.15) is 0 Å². The monoisotopic (exact) mass is 260 g/mol. The second-order valence-corrected chi connectivity index (χ2v) is 4.82. The molecule has 0 radical (unpaired) electrons. The van der Waals surface area contributed by atoms with Crippen LogP contribution in [0.25, 0.3) is 0 Å². The summed E-state index contributed by atoms with van der Waals surface area (Å²) >= 11 is 12.0. The van der Waals surface area contributed by atoms with Crippen molar-refractivity contribution in [3.8, 4) is 0 Å². The Morgan fingerprint density at radius 1 is 1.12 bits per heavy atom. The van der Waals surface area contributed by atoms with E-state index in [1.807, 2.05) is 25.2 Å². The fourth-order valence-electron chi connectivity index (χ4n) is 1.41. The molecule has 0 atom stereocenters. The molecule has 0 bridgehead atoms. The molecule has 0 saturated heterocycles. The molecule has 0 unspecified atom stereocenters. The standard InChI is InChI=1S/C12H18Cl2N2/c1-15(2)6-7-16(3)12-5-4-10(9-13)8-11(12)14/h4-5,8H,6-7,9H2,1-3H3. The Hall–Kier alpha value is -0.440. The lowest BCUT2D eigenvalue weighted by atomic mass is 10.2. The lowest BCUT2D eigenvalue weighted by Gasteiger charge is -2.22. The van der Waals surface area contributed by atoms with E-state index >= 15 is 0 Å². The highest BCUT2D eigenvalue weighted by atomic mass is 35.5. The first-order chi connectivity index (χ1) is 7.54. The van der Waals surface area contributed by atoms with Crippen LogP contribution in [0, 0.1) is 0 Å². The van der Waals surface area contributed by atoms with Crippen molar-refractivity contribution in [3.63, 3.8) is 0 Å². The van der Waals surface area contributed by atoms with Crippen LogP contribution < -0.4 is 4.90 Å². The molecule has 0 amide bonds. The lowest BCUT2D eigenvalue weighted by molar-refractivity contribution is 0.416. The van der Waals surface area contributed by atoms with Gasteiger partial charge in [-0.05, 0) is 31.8 Å². The van der Waals surface area contributed by atoms with Gasteiger partial charge in [0.2, 0.25) is 0 Å². The SMILES string of the molecule is CN(C)CCN(C)c1ccc(CCl)cc1Cl. The largest absolute Gasteiger partial charge is 0.372 e. The summed E-state index contributed by atoms with van der Waals surface area (Å²) in [5.74, 6) is 0.501. The molecule has 0 fully saturated rings. The molecular formula is C12H18Cl2N2. The molecule has 16 heavy (non-hydrogen) atoms. The molecular weight excluding hydrogens is 243 g/mol. The van der Waals surface area contributed by atoms with Gasteiger partial charge in [-0.15, -0.1) is 11.6 Å². The van der Waals surface area contributed by atoms with E-state index in [1.165, 1.54) is 0 Å². The van der Waals surface area contributed by atoms with Gasteiger partial charge in [-0.25, -0.2) is 0 Å². The Kier molecular flexibility index (Phi) is 5.39. The molecule has 0 spiro atoms. The quantitative estimate of drug-likeness (QED) is 0.751. The number of anilines is 1. The highest BCUT2D eigenvalue weighted by Gasteiger charge is 2.06. The predicted molar refractivity (Wildman–Crippen MR) is 72.8 cm³/mol. The number of halogens is 2. The van der Waals surface area contributed by atoms with Crippen molar-refractivity contribution in [2.75, 3.05) is 39.1 Å². The van der Waals surface area contributed by atoms with E-state index < -0.39 is 0 Å². The molecule has 0 aliphatic carbocycles. The average molecular weight is 261 g/mol. The third-order valence-electron chi connectivity index (χ3n) is 2.46. The van der Waals surface area contributed by atoms with E-state index in [9.17, 15) is 0 Å². The number of nitrogens with zero attached hydrogens (tertiary/aromatic N) is 2. The van der Waals surface area contributed by atoms with Crippen LogP contribution in [-0.4, -0.2) is 39.1 Å². The first kappa shape index (κ1) is 13.6. The summed E-state index contributed by atoms with van der Waals surface area (Å²) in [6.07, 6.45) is 0. The van der Waals surface area contributed by atoms with E-state index in [0.29, 0.717) is 5.88 Å². The molecule has 0 aliphatic rings. The number of benzene rings is 1. The van der Waals surface area contributed by atoms with E-state index in [4.69, 9.17) is 23.2 Å². The lowest BCUT2D eigenvalue weighted by Crippen LogP contribution is -2.28. The molecule has 0 aromatic heterocycles. The molecule has 0 heterocycles. The number of rotatable bonds is 5. The number of likely N-dealkylation sites (N-methyl/N-ethyl adjacent to an activating group) is 2. The number of alkyl halides is 1. The second-order valence-electron chi connectivity index (χ2n) is 4.14. The Morgan fingerprint density at radius 3 is 2.31 bits per heavy atom. The molecule has 0 saturated carbocycles. The minimum absolute atomic E-state index is 0.501. The van der Waals surface area contributed by atoms with E-state index in [-0.39, 0.29) is 0 Å². The molecule has 90 valence electrons. The highest BCUT2D eigenvalue weighted by Crippen LogP contribution is 2.26. The first-order valence-corrected chi connectivity index (χ1v) is 6.16. The Morgan fingerprint density at radius 2 is 1.81 bits per heavy atom. The van der Waals surface area contributed by atoms with Gasteiger partial charge in [-0.1, -0.05) is 17.7 Å². The number of hydrogen-bond acceptors (Lipinski definition) is 2. The van der Waals surface area contributed by atoms with Crippen LogP contribution in [0.3, 0.4) is 0 Å². The van der Waals surface area contributed by atoms with Crippen molar-refractivity contribution in [2.45, 2.75) is 5.88 Å². The Labute approximate surface area is 108 Å². The molecule has 2 nitrogen and oxygen atoms in total. The molecule has 0 aliphatic heterocycles. The van der Waals surface area contributed by atoms with Gasteiger partial charge >= 0.3 is 0 Å². The normalized spacial score (nSPS) is 10.9. The minimum atomic E-state index is 0.501. The van der Waals surface area contributed by atoms with Crippen molar-refractivity contribution >= 4 is 28.9 Å².